The number of carbonyl (C=O) groups is 1. The van der Waals surface area contributed by atoms with Gasteiger partial charge in [-0.3, -0.25) is 4.79 Å². The molecule has 6 nitrogen and oxygen atoms in total. The van der Waals surface area contributed by atoms with Gasteiger partial charge in [-0.15, -0.1) is 16.9 Å². The topological polar surface area (TPSA) is 72.7 Å². The Hall–Kier alpha value is -2.67. The van der Waals surface area contributed by atoms with Gasteiger partial charge in [0.1, 0.15) is 6.33 Å². The quantitative estimate of drug-likeness (QED) is 0.730. The Balaban J connectivity index is 1.67. The van der Waals surface area contributed by atoms with Crippen LogP contribution in [-0.4, -0.2) is 31.4 Å². The summed E-state index contributed by atoms with van der Waals surface area (Å²) in [5, 5.41) is 13.8. The largest absolute Gasteiger partial charge is 0.325 e. The van der Waals surface area contributed by atoms with E-state index in [1.807, 2.05) is 61.5 Å². The number of anilines is 1. The number of thioether (sulfide) groups is 1. The van der Waals surface area contributed by atoms with Gasteiger partial charge in [-0.1, -0.05) is 24.3 Å². The van der Waals surface area contributed by atoms with Crippen LogP contribution in [0.15, 0.2) is 65.8 Å². The molecule has 1 N–H and O–H groups in total. The number of amides is 1. The summed E-state index contributed by atoms with van der Waals surface area (Å²) >= 11 is 1.52. The molecule has 0 spiro atoms. The summed E-state index contributed by atoms with van der Waals surface area (Å²) in [5.41, 5.74) is 1.50. The molecular weight excluding hydrogens is 310 g/mol. The van der Waals surface area contributed by atoms with Crippen molar-refractivity contribution < 1.29 is 4.79 Å². The summed E-state index contributed by atoms with van der Waals surface area (Å²) in [7, 11) is 0. The molecule has 1 aromatic heterocycles. The molecule has 1 atom stereocenters. The average molecular weight is 325 g/mol. The van der Waals surface area contributed by atoms with E-state index in [4.69, 9.17) is 0 Å². The Morgan fingerprint density at radius 2 is 2.00 bits per heavy atom. The summed E-state index contributed by atoms with van der Waals surface area (Å²) in [5.74, 6) is -0.0484. The van der Waals surface area contributed by atoms with Gasteiger partial charge in [0, 0.05) is 10.6 Å². The van der Waals surface area contributed by atoms with E-state index < -0.39 is 0 Å². The SMILES string of the molecule is C[C@@H](Sc1ccccc1)C(=O)Nc1cccc(-n2cnnn2)c1. The maximum Gasteiger partial charge on any atom is 0.237 e. The van der Waals surface area contributed by atoms with Crippen LogP contribution in [0, 0.1) is 0 Å². The highest BCUT2D eigenvalue weighted by Gasteiger charge is 2.14. The second kappa shape index (κ2) is 7.06. The lowest BCUT2D eigenvalue weighted by Gasteiger charge is -2.12. The molecule has 0 aliphatic carbocycles. The van der Waals surface area contributed by atoms with Gasteiger partial charge in [-0.25, -0.2) is 4.68 Å². The molecule has 2 aromatic carbocycles. The number of carbonyl (C=O) groups excluding carboxylic acids is 1. The van der Waals surface area contributed by atoms with Gasteiger partial charge in [0.2, 0.25) is 5.91 Å². The normalized spacial score (nSPS) is 11.9. The van der Waals surface area contributed by atoms with Gasteiger partial charge >= 0.3 is 0 Å². The molecule has 116 valence electrons. The number of hydrogen-bond donors (Lipinski definition) is 1. The monoisotopic (exact) mass is 325 g/mol. The second-order valence-electron chi connectivity index (χ2n) is 4.87. The van der Waals surface area contributed by atoms with E-state index in [2.05, 4.69) is 20.8 Å². The molecule has 0 bridgehead atoms. The number of tetrazole rings is 1. The van der Waals surface area contributed by atoms with Crippen molar-refractivity contribution in [2.75, 3.05) is 5.32 Å². The predicted molar refractivity (Wildman–Crippen MR) is 89.5 cm³/mol. The smallest absolute Gasteiger partial charge is 0.237 e. The van der Waals surface area contributed by atoms with Crippen LogP contribution in [0.5, 0.6) is 0 Å². The number of hydrogen-bond acceptors (Lipinski definition) is 5. The summed E-state index contributed by atoms with van der Waals surface area (Å²) in [4.78, 5) is 13.4. The Kier molecular flexibility index (Phi) is 4.68. The summed E-state index contributed by atoms with van der Waals surface area (Å²) < 4.78 is 1.54. The molecule has 3 aromatic rings. The molecule has 0 unspecified atom stereocenters. The molecule has 3 rings (SSSR count). The fourth-order valence-electron chi connectivity index (χ4n) is 2.01. The number of rotatable bonds is 5. The maximum absolute atomic E-state index is 12.3. The first-order valence-corrected chi connectivity index (χ1v) is 7.96. The van der Waals surface area contributed by atoms with Gasteiger partial charge < -0.3 is 5.32 Å². The van der Waals surface area contributed by atoms with Crippen molar-refractivity contribution in [3.8, 4) is 5.69 Å². The van der Waals surface area contributed by atoms with Crippen LogP contribution >= 0.6 is 11.8 Å². The zero-order chi connectivity index (χ0) is 16.1. The predicted octanol–water partition coefficient (Wildman–Crippen LogP) is 2.78. The van der Waals surface area contributed by atoms with Gasteiger partial charge in [0.25, 0.3) is 0 Å². The van der Waals surface area contributed by atoms with Crippen molar-refractivity contribution in [3.63, 3.8) is 0 Å². The first kappa shape index (κ1) is 15.2. The Bertz CT molecular complexity index is 776. The highest BCUT2D eigenvalue weighted by Crippen LogP contribution is 2.24. The van der Waals surface area contributed by atoms with Crippen molar-refractivity contribution in [3.05, 3.63) is 60.9 Å². The molecule has 0 saturated carbocycles. The third-order valence-corrected chi connectivity index (χ3v) is 4.26. The van der Waals surface area contributed by atoms with Crippen LogP contribution in [0.25, 0.3) is 5.69 Å². The van der Waals surface area contributed by atoms with E-state index >= 15 is 0 Å². The first-order chi connectivity index (χ1) is 11.2. The van der Waals surface area contributed by atoms with Crippen molar-refractivity contribution in [1.82, 2.24) is 20.2 Å². The second-order valence-corrected chi connectivity index (χ2v) is 6.28. The van der Waals surface area contributed by atoms with Crippen LogP contribution in [-0.2, 0) is 4.79 Å². The Morgan fingerprint density at radius 1 is 1.17 bits per heavy atom. The van der Waals surface area contributed by atoms with Crippen molar-refractivity contribution in [1.29, 1.82) is 0 Å². The molecule has 1 amide bonds. The van der Waals surface area contributed by atoms with Crippen LogP contribution in [0.1, 0.15) is 6.92 Å². The lowest BCUT2D eigenvalue weighted by atomic mass is 10.2. The number of nitrogens with zero attached hydrogens (tertiary/aromatic N) is 4. The third kappa shape index (κ3) is 3.95. The number of nitrogens with one attached hydrogen (secondary N) is 1. The van der Waals surface area contributed by atoms with Gasteiger partial charge in [-0.05, 0) is 47.7 Å². The van der Waals surface area contributed by atoms with Crippen molar-refractivity contribution >= 4 is 23.4 Å². The number of benzene rings is 2. The van der Waals surface area contributed by atoms with Crippen LogP contribution in [0.3, 0.4) is 0 Å². The molecule has 1 heterocycles. The van der Waals surface area contributed by atoms with Crippen LogP contribution < -0.4 is 5.32 Å². The van der Waals surface area contributed by atoms with Gasteiger partial charge in [0.05, 0.1) is 10.9 Å². The lowest BCUT2D eigenvalue weighted by Crippen LogP contribution is -2.22. The lowest BCUT2D eigenvalue weighted by molar-refractivity contribution is -0.115. The maximum atomic E-state index is 12.3. The van der Waals surface area contributed by atoms with E-state index in [-0.39, 0.29) is 11.2 Å². The highest BCUT2D eigenvalue weighted by atomic mass is 32.2. The Labute approximate surface area is 137 Å². The van der Waals surface area contributed by atoms with Gasteiger partial charge in [0.15, 0.2) is 0 Å². The molecule has 0 aliphatic heterocycles. The summed E-state index contributed by atoms with van der Waals surface area (Å²) in [6.07, 6.45) is 1.51. The average Bonchev–Trinajstić information content (AvgIpc) is 3.10. The zero-order valence-corrected chi connectivity index (χ0v) is 13.3. The molecule has 0 aliphatic rings. The highest BCUT2D eigenvalue weighted by molar-refractivity contribution is 8.00. The minimum Gasteiger partial charge on any atom is -0.325 e. The molecular formula is C16H15N5OS. The van der Waals surface area contributed by atoms with Crippen LogP contribution in [0.2, 0.25) is 0 Å². The van der Waals surface area contributed by atoms with Crippen molar-refractivity contribution in [2.24, 2.45) is 0 Å². The summed E-state index contributed by atoms with van der Waals surface area (Å²) in [6.45, 7) is 1.89. The van der Waals surface area contributed by atoms with E-state index in [9.17, 15) is 4.79 Å². The minimum absolute atomic E-state index is 0.0484. The Morgan fingerprint density at radius 3 is 2.74 bits per heavy atom. The fourth-order valence-corrected chi connectivity index (χ4v) is 2.89. The van der Waals surface area contributed by atoms with Gasteiger partial charge in [-0.2, -0.15) is 0 Å². The van der Waals surface area contributed by atoms with E-state index in [1.54, 1.807) is 0 Å². The van der Waals surface area contributed by atoms with E-state index in [1.165, 1.54) is 22.8 Å². The van der Waals surface area contributed by atoms with Crippen LogP contribution in [0.4, 0.5) is 5.69 Å². The summed E-state index contributed by atoms with van der Waals surface area (Å²) in [6, 6.07) is 17.2. The van der Waals surface area contributed by atoms with Crippen molar-refractivity contribution in [2.45, 2.75) is 17.1 Å². The number of aromatic nitrogens is 4. The first-order valence-electron chi connectivity index (χ1n) is 7.08. The molecule has 0 fully saturated rings. The molecule has 0 saturated heterocycles. The van der Waals surface area contributed by atoms with E-state index in [0.717, 1.165) is 10.6 Å². The molecule has 23 heavy (non-hydrogen) atoms. The molecule has 0 radical (unpaired) electrons. The fraction of sp³-hybridized carbons (Fsp3) is 0.125. The standard InChI is InChI=1S/C16H15N5OS/c1-12(23-15-8-3-2-4-9-15)16(22)18-13-6-5-7-14(10-13)21-11-17-19-20-21/h2-12H,1H3,(H,18,22)/t12-/m1/s1. The molecule has 7 heteroatoms. The minimum atomic E-state index is -0.200. The third-order valence-electron chi connectivity index (χ3n) is 3.15. The zero-order valence-electron chi connectivity index (χ0n) is 12.5. The van der Waals surface area contributed by atoms with E-state index in [0.29, 0.717) is 5.69 Å².